The van der Waals surface area contributed by atoms with Crippen LogP contribution in [0.15, 0.2) is 39.7 Å². The number of hydrogen-bond acceptors (Lipinski definition) is 4. The molecular weight excluding hydrogens is 300 g/mol. The number of carbonyl (C=O) groups is 2. The number of pyridine rings is 1. The number of carboxylic acid groups (broad SMARTS) is 1. The molecule has 2 aromatic rings. The molecule has 0 bridgehead atoms. The molecule has 3 rings (SSSR count). The fraction of sp³-hybridized carbons (Fsp3) is 0.312. The zero-order valence-electron chi connectivity index (χ0n) is 12.2. The molecule has 1 saturated carbocycles. The Labute approximate surface area is 131 Å². The highest BCUT2D eigenvalue weighted by Gasteiger charge is 2.31. The van der Waals surface area contributed by atoms with Crippen molar-refractivity contribution in [3.8, 4) is 11.5 Å². The quantitative estimate of drug-likeness (QED) is 0.793. The summed E-state index contributed by atoms with van der Waals surface area (Å²) in [4.78, 5) is 37.8. The molecule has 0 saturated heterocycles. The third-order valence-electron chi connectivity index (χ3n) is 4.06. The van der Waals surface area contributed by atoms with Crippen LogP contribution in [0.1, 0.15) is 29.6 Å². The lowest BCUT2D eigenvalue weighted by Crippen LogP contribution is -2.36. The van der Waals surface area contributed by atoms with Gasteiger partial charge in [-0.1, -0.05) is 0 Å². The third kappa shape index (κ3) is 3.18. The van der Waals surface area contributed by atoms with E-state index >= 15 is 0 Å². The minimum absolute atomic E-state index is 0.000851. The van der Waals surface area contributed by atoms with E-state index in [1.807, 2.05) is 0 Å². The maximum Gasteiger partial charge on any atom is 0.306 e. The Morgan fingerprint density at radius 3 is 2.70 bits per heavy atom. The first-order valence-electron chi connectivity index (χ1n) is 7.35. The molecule has 0 aliphatic heterocycles. The molecular formula is C16H16N2O5. The van der Waals surface area contributed by atoms with Crippen LogP contribution in [0.4, 0.5) is 0 Å². The van der Waals surface area contributed by atoms with Crippen molar-refractivity contribution in [2.45, 2.75) is 25.3 Å². The molecule has 0 spiro atoms. The molecule has 2 atom stereocenters. The largest absolute Gasteiger partial charge is 0.481 e. The first kappa shape index (κ1) is 15.1. The maximum absolute atomic E-state index is 12.2. The van der Waals surface area contributed by atoms with E-state index in [2.05, 4.69) is 10.3 Å². The lowest BCUT2D eigenvalue weighted by atomic mass is 10.1. The van der Waals surface area contributed by atoms with Crippen LogP contribution >= 0.6 is 0 Å². The first-order chi connectivity index (χ1) is 11.0. The highest BCUT2D eigenvalue weighted by molar-refractivity contribution is 5.94. The zero-order chi connectivity index (χ0) is 16.4. The molecule has 2 aromatic heterocycles. The Bertz CT molecular complexity index is 778. The van der Waals surface area contributed by atoms with Crippen molar-refractivity contribution in [1.82, 2.24) is 10.3 Å². The predicted molar refractivity (Wildman–Crippen MR) is 81.0 cm³/mol. The summed E-state index contributed by atoms with van der Waals surface area (Å²) >= 11 is 0. The Balaban J connectivity index is 1.71. The lowest BCUT2D eigenvalue weighted by molar-refractivity contribution is -0.141. The minimum Gasteiger partial charge on any atom is -0.481 e. The summed E-state index contributed by atoms with van der Waals surface area (Å²) < 4.78 is 5.19. The van der Waals surface area contributed by atoms with Gasteiger partial charge >= 0.3 is 5.97 Å². The minimum atomic E-state index is -0.845. The van der Waals surface area contributed by atoms with Crippen molar-refractivity contribution in [1.29, 1.82) is 0 Å². The number of carbonyl (C=O) groups excluding carboxylic acids is 1. The van der Waals surface area contributed by atoms with Crippen molar-refractivity contribution in [3.63, 3.8) is 0 Å². The molecule has 23 heavy (non-hydrogen) atoms. The molecule has 1 fully saturated rings. The van der Waals surface area contributed by atoms with Crippen LogP contribution in [-0.4, -0.2) is 28.0 Å². The molecule has 0 aromatic carbocycles. The van der Waals surface area contributed by atoms with Gasteiger partial charge in [0.2, 0.25) is 0 Å². The van der Waals surface area contributed by atoms with E-state index in [1.54, 1.807) is 18.2 Å². The van der Waals surface area contributed by atoms with Crippen LogP contribution in [0.5, 0.6) is 0 Å². The second-order valence-electron chi connectivity index (χ2n) is 5.61. The van der Waals surface area contributed by atoms with Crippen LogP contribution in [0.3, 0.4) is 0 Å². The molecule has 1 aliphatic rings. The second kappa shape index (κ2) is 6.12. The molecule has 2 heterocycles. The van der Waals surface area contributed by atoms with Crippen molar-refractivity contribution in [3.05, 3.63) is 46.4 Å². The number of rotatable bonds is 4. The number of amides is 1. The smallest absolute Gasteiger partial charge is 0.306 e. The van der Waals surface area contributed by atoms with Gasteiger partial charge in [0.1, 0.15) is 11.3 Å². The number of H-pyrrole nitrogens is 1. The first-order valence-corrected chi connectivity index (χ1v) is 7.35. The molecule has 3 N–H and O–H groups in total. The van der Waals surface area contributed by atoms with Gasteiger partial charge < -0.3 is 19.8 Å². The van der Waals surface area contributed by atoms with Crippen molar-refractivity contribution in [2.75, 3.05) is 0 Å². The molecule has 0 radical (unpaired) electrons. The van der Waals surface area contributed by atoms with Gasteiger partial charge in [0.25, 0.3) is 11.5 Å². The molecule has 7 nitrogen and oxygen atoms in total. The Morgan fingerprint density at radius 1 is 1.26 bits per heavy atom. The van der Waals surface area contributed by atoms with Gasteiger partial charge in [-0.05, 0) is 43.5 Å². The molecule has 120 valence electrons. The summed E-state index contributed by atoms with van der Waals surface area (Å²) in [5.74, 6) is -1.26. The van der Waals surface area contributed by atoms with E-state index < -0.39 is 23.4 Å². The van der Waals surface area contributed by atoms with Crippen LogP contribution in [0, 0.1) is 5.92 Å². The Morgan fingerprint density at radius 2 is 2.09 bits per heavy atom. The summed E-state index contributed by atoms with van der Waals surface area (Å²) in [5, 5.41) is 11.7. The van der Waals surface area contributed by atoms with E-state index in [1.165, 1.54) is 12.3 Å². The van der Waals surface area contributed by atoms with Crippen molar-refractivity contribution < 1.29 is 19.1 Å². The van der Waals surface area contributed by atoms with Gasteiger partial charge in [-0.15, -0.1) is 0 Å². The average Bonchev–Trinajstić information content (AvgIpc) is 3.18. The summed E-state index contributed by atoms with van der Waals surface area (Å²) in [5.41, 5.74) is -0.0216. The highest BCUT2D eigenvalue weighted by Crippen LogP contribution is 2.25. The third-order valence-corrected chi connectivity index (χ3v) is 4.06. The van der Waals surface area contributed by atoms with E-state index in [0.717, 1.165) is 0 Å². The van der Waals surface area contributed by atoms with E-state index in [0.29, 0.717) is 30.7 Å². The second-order valence-corrected chi connectivity index (χ2v) is 5.61. The summed E-state index contributed by atoms with van der Waals surface area (Å²) in [6, 6.07) is 6.23. The predicted octanol–water partition coefficient (Wildman–Crippen LogP) is 1.62. The maximum atomic E-state index is 12.2. The number of hydrogen-bond donors (Lipinski definition) is 3. The van der Waals surface area contributed by atoms with E-state index in [4.69, 9.17) is 9.52 Å². The standard InChI is InChI=1S/C16H16N2O5/c19-14(17-10-4-3-9(8-10)16(21)22)11-5-6-12(18-15(11)20)13-2-1-7-23-13/h1-2,5-7,9-10H,3-4,8H2,(H,17,19)(H,18,20)(H,21,22)/t9-,10+/m1/s1. The molecule has 0 unspecified atom stereocenters. The van der Waals surface area contributed by atoms with Gasteiger partial charge in [-0.3, -0.25) is 14.4 Å². The number of carboxylic acids is 1. The molecule has 7 heteroatoms. The fourth-order valence-corrected chi connectivity index (χ4v) is 2.83. The zero-order valence-corrected chi connectivity index (χ0v) is 12.2. The van der Waals surface area contributed by atoms with E-state index in [-0.39, 0.29) is 11.6 Å². The number of aliphatic carboxylic acids is 1. The van der Waals surface area contributed by atoms with Gasteiger partial charge in [-0.25, -0.2) is 0 Å². The Kier molecular flexibility index (Phi) is 4.01. The van der Waals surface area contributed by atoms with Gasteiger partial charge in [0, 0.05) is 6.04 Å². The summed E-state index contributed by atoms with van der Waals surface area (Å²) in [6.45, 7) is 0. The van der Waals surface area contributed by atoms with Crippen LogP contribution < -0.4 is 10.9 Å². The van der Waals surface area contributed by atoms with Crippen LogP contribution in [-0.2, 0) is 4.79 Å². The van der Waals surface area contributed by atoms with Gasteiger partial charge in [0.05, 0.1) is 17.9 Å². The monoisotopic (exact) mass is 316 g/mol. The van der Waals surface area contributed by atoms with Crippen LogP contribution in [0.2, 0.25) is 0 Å². The van der Waals surface area contributed by atoms with Gasteiger partial charge in [0.15, 0.2) is 0 Å². The fourth-order valence-electron chi connectivity index (χ4n) is 2.83. The SMILES string of the molecule is O=C(N[C@H]1CC[C@@H](C(=O)O)C1)c1ccc(-c2ccco2)[nH]c1=O. The highest BCUT2D eigenvalue weighted by atomic mass is 16.4. The number of aromatic amines is 1. The van der Waals surface area contributed by atoms with Crippen molar-refractivity contribution >= 4 is 11.9 Å². The number of aromatic nitrogens is 1. The molecule has 1 aliphatic carbocycles. The average molecular weight is 316 g/mol. The topological polar surface area (TPSA) is 112 Å². The number of nitrogens with one attached hydrogen (secondary N) is 2. The Hall–Kier alpha value is -2.83. The van der Waals surface area contributed by atoms with Crippen molar-refractivity contribution in [2.24, 2.45) is 5.92 Å². The summed E-state index contributed by atoms with van der Waals surface area (Å²) in [6.07, 6.45) is 3.02. The molecule has 1 amide bonds. The van der Waals surface area contributed by atoms with Crippen LogP contribution in [0.25, 0.3) is 11.5 Å². The summed E-state index contributed by atoms with van der Waals surface area (Å²) in [7, 11) is 0. The number of furan rings is 1. The van der Waals surface area contributed by atoms with Gasteiger partial charge in [-0.2, -0.15) is 0 Å². The normalized spacial score (nSPS) is 20.3. The van der Waals surface area contributed by atoms with E-state index in [9.17, 15) is 14.4 Å². The lowest BCUT2D eigenvalue weighted by Gasteiger charge is -2.12.